The standard InChI is InChI=1S/C10H16N4O2S/c1-13-4-2-10(3-5-13)8(15)14(6-7(11)17)9(16)12-10/h2-6H2,1H3,(H2,11,17)(H,12,16). The van der Waals surface area contributed by atoms with Gasteiger partial charge in [0.05, 0.1) is 11.5 Å². The summed E-state index contributed by atoms with van der Waals surface area (Å²) in [6.45, 7) is 1.62. The third-order valence-electron chi connectivity index (χ3n) is 3.40. The number of nitrogens with zero attached hydrogens (tertiary/aromatic N) is 2. The number of imide groups is 1. The molecule has 2 rings (SSSR count). The van der Waals surface area contributed by atoms with Crippen LogP contribution in [0.2, 0.25) is 0 Å². The lowest BCUT2D eigenvalue weighted by Crippen LogP contribution is -2.54. The lowest BCUT2D eigenvalue weighted by Gasteiger charge is -2.35. The number of piperidine rings is 1. The molecule has 7 heteroatoms. The normalized spacial score (nSPS) is 24.2. The van der Waals surface area contributed by atoms with Crippen LogP contribution >= 0.6 is 12.2 Å². The second-order valence-electron chi connectivity index (χ2n) is 4.67. The van der Waals surface area contributed by atoms with Crippen molar-refractivity contribution < 1.29 is 9.59 Å². The summed E-state index contributed by atoms with van der Waals surface area (Å²) >= 11 is 4.74. The van der Waals surface area contributed by atoms with Crippen LogP contribution < -0.4 is 11.1 Å². The molecule has 6 nitrogen and oxygen atoms in total. The van der Waals surface area contributed by atoms with E-state index in [2.05, 4.69) is 10.2 Å². The molecule has 0 saturated carbocycles. The Morgan fingerprint density at radius 1 is 1.47 bits per heavy atom. The maximum atomic E-state index is 12.2. The highest BCUT2D eigenvalue weighted by Crippen LogP contribution is 2.28. The van der Waals surface area contributed by atoms with Crippen molar-refractivity contribution in [3.05, 3.63) is 0 Å². The van der Waals surface area contributed by atoms with Gasteiger partial charge >= 0.3 is 6.03 Å². The van der Waals surface area contributed by atoms with Crippen molar-refractivity contribution in [2.75, 3.05) is 26.7 Å². The second-order valence-corrected chi connectivity index (χ2v) is 5.20. The molecule has 0 aliphatic carbocycles. The van der Waals surface area contributed by atoms with Gasteiger partial charge in [-0.3, -0.25) is 9.69 Å². The van der Waals surface area contributed by atoms with Gasteiger partial charge in [-0.05, 0) is 19.9 Å². The number of nitrogens with two attached hydrogens (primary N) is 1. The Kier molecular flexibility index (Phi) is 3.05. The summed E-state index contributed by atoms with van der Waals surface area (Å²) in [5.41, 5.74) is 4.66. The number of amides is 3. The van der Waals surface area contributed by atoms with Crippen LogP contribution in [0.3, 0.4) is 0 Å². The van der Waals surface area contributed by atoms with E-state index in [0.717, 1.165) is 18.0 Å². The van der Waals surface area contributed by atoms with Crippen molar-refractivity contribution in [3.8, 4) is 0 Å². The molecule has 3 amide bonds. The van der Waals surface area contributed by atoms with Gasteiger partial charge in [-0.15, -0.1) is 0 Å². The monoisotopic (exact) mass is 256 g/mol. The van der Waals surface area contributed by atoms with Gasteiger partial charge in [0.1, 0.15) is 5.54 Å². The molecule has 0 aromatic rings. The predicted octanol–water partition coefficient (Wildman–Crippen LogP) is -0.711. The van der Waals surface area contributed by atoms with Crippen molar-refractivity contribution in [1.29, 1.82) is 0 Å². The third-order valence-corrected chi connectivity index (χ3v) is 3.53. The first-order valence-corrected chi connectivity index (χ1v) is 5.96. The first kappa shape index (κ1) is 12.3. The number of urea groups is 1. The van der Waals surface area contributed by atoms with Crippen LogP contribution in [-0.4, -0.2) is 58.9 Å². The fourth-order valence-corrected chi connectivity index (χ4v) is 2.44. The molecule has 0 aromatic carbocycles. The van der Waals surface area contributed by atoms with E-state index in [1.807, 2.05) is 7.05 Å². The molecule has 2 fully saturated rings. The predicted molar refractivity (Wildman–Crippen MR) is 66.5 cm³/mol. The number of hydrogen-bond acceptors (Lipinski definition) is 4. The van der Waals surface area contributed by atoms with E-state index < -0.39 is 5.54 Å². The van der Waals surface area contributed by atoms with Crippen LogP contribution in [0.5, 0.6) is 0 Å². The summed E-state index contributed by atoms with van der Waals surface area (Å²) in [5.74, 6) is -0.191. The fourth-order valence-electron chi connectivity index (χ4n) is 2.31. The van der Waals surface area contributed by atoms with Crippen LogP contribution in [0.15, 0.2) is 0 Å². The minimum atomic E-state index is -0.728. The zero-order chi connectivity index (χ0) is 12.6. The molecule has 0 bridgehead atoms. The molecule has 0 unspecified atom stereocenters. The summed E-state index contributed by atoms with van der Waals surface area (Å²) in [5, 5.41) is 2.79. The zero-order valence-electron chi connectivity index (χ0n) is 9.73. The SMILES string of the molecule is CN1CCC2(CC1)NC(=O)N(CC(N)=S)C2=O. The van der Waals surface area contributed by atoms with E-state index in [4.69, 9.17) is 18.0 Å². The number of hydrogen-bond donors (Lipinski definition) is 2. The van der Waals surface area contributed by atoms with Gasteiger partial charge in [-0.2, -0.15) is 0 Å². The number of likely N-dealkylation sites (tertiary alicyclic amines) is 1. The number of rotatable bonds is 2. The molecule has 2 aliphatic rings. The van der Waals surface area contributed by atoms with Gasteiger partial charge in [0, 0.05) is 13.1 Å². The molecule has 2 heterocycles. The van der Waals surface area contributed by atoms with E-state index in [1.54, 1.807) is 0 Å². The molecule has 3 N–H and O–H groups in total. The maximum absolute atomic E-state index is 12.2. The third kappa shape index (κ3) is 2.12. The smallest absolute Gasteiger partial charge is 0.325 e. The van der Waals surface area contributed by atoms with Gasteiger partial charge in [0.25, 0.3) is 5.91 Å². The first-order valence-electron chi connectivity index (χ1n) is 5.55. The van der Waals surface area contributed by atoms with Gasteiger partial charge in [0.15, 0.2) is 0 Å². The molecule has 2 saturated heterocycles. The molecule has 0 atom stereocenters. The Labute approximate surface area is 105 Å². The molecule has 1 spiro atoms. The Morgan fingerprint density at radius 3 is 2.59 bits per heavy atom. The van der Waals surface area contributed by atoms with E-state index in [-0.39, 0.29) is 23.5 Å². The highest BCUT2D eigenvalue weighted by molar-refractivity contribution is 7.80. The van der Waals surface area contributed by atoms with Crippen molar-refractivity contribution in [2.24, 2.45) is 5.73 Å². The van der Waals surface area contributed by atoms with E-state index in [1.165, 1.54) is 0 Å². The van der Waals surface area contributed by atoms with Gasteiger partial charge in [-0.25, -0.2) is 4.79 Å². The summed E-state index contributed by atoms with van der Waals surface area (Å²) < 4.78 is 0. The minimum Gasteiger partial charge on any atom is -0.392 e. The second kappa shape index (κ2) is 4.23. The highest BCUT2D eigenvalue weighted by atomic mass is 32.1. The van der Waals surface area contributed by atoms with Crippen molar-refractivity contribution in [3.63, 3.8) is 0 Å². The molecule has 17 heavy (non-hydrogen) atoms. The Hall–Kier alpha value is -1.21. The van der Waals surface area contributed by atoms with Gasteiger partial charge in [0.2, 0.25) is 0 Å². The number of carbonyl (C=O) groups is 2. The summed E-state index contributed by atoms with van der Waals surface area (Å²) in [7, 11) is 2.00. The summed E-state index contributed by atoms with van der Waals surface area (Å²) in [6.07, 6.45) is 1.28. The van der Waals surface area contributed by atoms with Crippen LogP contribution in [0.25, 0.3) is 0 Å². The van der Waals surface area contributed by atoms with E-state index in [9.17, 15) is 9.59 Å². The van der Waals surface area contributed by atoms with Gasteiger partial charge < -0.3 is 16.0 Å². The molecule has 0 aromatic heterocycles. The average Bonchev–Trinajstić information content (AvgIpc) is 2.48. The Balaban J connectivity index is 2.15. The minimum absolute atomic E-state index is 0.0254. The maximum Gasteiger partial charge on any atom is 0.325 e. The van der Waals surface area contributed by atoms with E-state index >= 15 is 0 Å². The van der Waals surface area contributed by atoms with Crippen LogP contribution in [0.4, 0.5) is 4.79 Å². The zero-order valence-corrected chi connectivity index (χ0v) is 10.5. The van der Waals surface area contributed by atoms with Crippen molar-refractivity contribution in [2.45, 2.75) is 18.4 Å². The quantitative estimate of drug-likeness (QED) is 0.504. The lowest BCUT2D eigenvalue weighted by atomic mass is 9.88. The molecular formula is C10H16N4O2S. The van der Waals surface area contributed by atoms with Crippen LogP contribution in [0.1, 0.15) is 12.8 Å². The summed E-state index contributed by atoms with van der Waals surface area (Å²) in [4.78, 5) is 27.4. The Morgan fingerprint density at radius 2 is 2.06 bits per heavy atom. The first-order chi connectivity index (χ1) is 7.94. The van der Waals surface area contributed by atoms with Gasteiger partial charge in [-0.1, -0.05) is 12.2 Å². The highest BCUT2D eigenvalue weighted by Gasteiger charge is 2.51. The molecule has 94 valence electrons. The molecule has 0 radical (unpaired) electrons. The number of carbonyl (C=O) groups excluding carboxylic acids is 2. The Bertz CT molecular complexity index is 377. The van der Waals surface area contributed by atoms with Crippen molar-refractivity contribution >= 4 is 29.1 Å². The average molecular weight is 256 g/mol. The number of thiocarbonyl (C=S) groups is 1. The molecular weight excluding hydrogens is 240 g/mol. The summed E-state index contributed by atoms with van der Waals surface area (Å²) in [6, 6.07) is -0.382. The van der Waals surface area contributed by atoms with E-state index in [0.29, 0.717) is 12.8 Å². The lowest BCUT2D eigenvalue weighted by molar-refractivity contribution is -0.132. The van der Waals surface area contributed by atoms with Crippen LogP contribution in [-0.2, 0) is 4.79 Å². The number of nitrogens with one attached hydrogen (secondary N) is 1. The van der Waals surface area contributed by atoms with Crippen molar-refractivity contribution in [1.82, 2.24) is 15.1 Å². The van der Waals surface area contributed by atoms with Crippen LogP contribution in [0, 0.1) is 0 Å². The fraction of sp³-hybridized carbons (Fsp3) is 0.700. The molecule has 2 aliphatic heterocycles. The topological polar surface area (TPSA) is 78.7 Å². The largest absolute Gasteiger partial charge is 0.392 e.